The van der Waals surface area contributed by atoms with E-state index in [1.807, 2.05) is 63.2 Å². The average Bonchev–Trinajstić information content (AvgIpc) is 2.60. The Kier molecular flexibility index (Phi) is 5.16. The molecule has 1 aliphatic heterocycles. The van der Waals surface area contributed by atoms with Crippen LogP contribution in [0.4, 0.5) is 10.5 Å². The number of hydrogen-bond donors (Lipinski definition) is 1. The Bertz CT molecular complexity index is 802. The zero-order chi connectivity index (χ0) is 18.7. The fraction of sp³-hybridized carbons (Fsp3) is 0.429. The molecule has 2 aromatic carbocycles. The molecule has 0 aromatic heterocycles. The Balaban J connectivity index is 1.55. The van der Waals surface area contributed by atoms with Crippen LogP contribution in [-0.4, -0.2) is 35.6 Å². The van der Waals surface area contributed by atoms with E-state index in [0.29, 0.717) is 25.9 Å². The molecule has 138 valence electrons. The van der Waals surface area contributed by atoms with E-state index in [4.69, 9.17) is 4.74 Å². The van der Waals surface area contributed by atoms with E-state index in [1.54, 1.807) is 4.90 Å². The summed E-state index contributed by atoms with van der Waals surface area (Å²) in [5.74, 6) is -0.0655. The quantitative estimate of drug-likeness (QED) is 0.868. The Labute approximate surface area is 154 Å². The average molecular weight is 354 g/mol. The topological polar surface area (TPSA) is 58.6 Å². The maximum atomic E-state index is 12.6. The second kappa shape index (κ2) is 7.36. The lowest BCUT2D eigenvalue weighted by Crippen LogP contribution is -2.43. The van der Waals surface area contributed by atoms with E-state index in [0.717, 1.165) is 16.5 Å². The molecule has 3 rings (SSSR count). The fourth-order valence-electron chi connectivity index (χ4n) is 3.16. The summed E-state index contributed by atoms with van der Waals surface area (Å²) in [6.07, 6.45) is 1.00. The van der Waals surface area contributed by atoms with Crippen molar-refractivity contribution in [3.8, 4) is 0 Å². The molecule has 2 aromatic rings. The molecule has 0 radical (unpaired) electrons. The van der Waals surface area contributed by atoms with Crippen LogP contribution in [-0.2, 0) is 9.53 Å². The molecule has 0 aliphatic carbocycles. The Morgan fingerprint density at radius 2 is 1.69 bits per heavy atom. The molecule has 26 heavy (non-hydrogen) atoms. The van der Waals surface area contributed by atoms with Gasteiger partial charge in [0.25, 0.3) is 0 Å². The molecule has 0 unspecified atom stereocenters. The summed E-state index contributed by atoms with van der Waals surface area (Å²) < 4.78 is 5.40. The summed E-state index contributed by atoms with van der Waals surface area (Å²) in [5, 5.41) is 5.26. The number of fused-ring (bicyclic) bond motifs is 1. The van der Waals surface area contributed by atoms with Gasteiger partial charge in [-0.1, -0.05) is 30.3 Å². The number of carbonyl (C=O) groups is 2. The van der Waals surface area contributed by atoms with Gasteiger partial charge in [-0.25, -0.2) is 4.79 Å². The molecule has 0 saturated carbocycles. The molecule has 5 heteroatoms. The SMILES string of the molecule is CC(C)(C)OC(=O)N1CCC(C(=O)Nc2ccc3ccccc3c2)CC1. The fourth-order valence-corrected chi connectivity index (χ4v) is 3.16. The van der Waals surface area contributed by atoms with E-state index < -0.39 is 5.60 Å². The molecule has 1 saturated heterocycles. The lowest BCUT2D eigenvalue weighted by Gasteiger charge is -2.32. The second-order valence-corrected chi connectivity index (χ2v) is 7.79. The second-order valence-electron chi connectivity index (χ2n) is 7.79. The zero-order valence-electron chi connectivity index (χ0n) is 15.6. The largest absolute Gasteiger partial charge is 0.444 e. The first-order valence-electron chi connectivity index (χ1n) is 9.09. The monoisotopic (exact) mass is 354 g/mol. The molecule has 5 nitrogen and oxygen atoms in total. The summed E-state index contributed by atoms with van der Waals surface area (Å²) in [4.78, 5) is 26.4. The van der Waals surface area contributed by atoms with Crippen molar-refractivity contribution in [1.82, 2.24) is 4.90 Å². The molecule has 1 heterocycles. The summed E-state index contributed by atoms with van der Waals surface area (Å²) in [5.41, 5.74) is 0.310. The number of hydrogen-bond acceptors (Lipinski definition) is 3. The number of amides is 2. The van der Waals surface area contributed by atoms with Gasteiger partial charge in [0, 0.05) is 24.7 Å². The van der Waals surface area contributed by atoms with Crippen molar-refractivity contribution in [2.24, 2.45) is 5.92 Å². The van der Waals surface area contributed by atoms with Gasteiger partial charge in [0.05, 0.1) is 0 Å². The minimum atomic E-state index is -0.499. The van der Waals surface area contributed by atoms with Gasteiger partial charge in [-0.05, 0) is 56.5 Å². The Hall–Kier alpha value is -2.56. The first-order valence-corrected chi connectivity index (χ1v) is 9.09. The zero-order valence-corrected chi connectivity index (χ0v) is 15.6. The third kappa shape index (κ3) is 4.54. The van der Waals surface area contributed by atoms with Gasteiger partial charge < -0.3 is 15.0 Å². The third-order valence-electron chi connectivity index (χ3n) is 4.53. The highest BCUT2D eigenvalue weighted by Gasteiger charge is 2.29. The number of benzene rings is 2. The summed E-state index contributed by atoms with van der Waals surface area (Å²) in [6.45, 7) is 6.66. The number of nitrogens with one attached hydrogen (secondary N) is 1. The minimum absolute atomic E-state index is 0.0177. The van der Waals surface area contributed by atoms with Crippen molar-refractivity contribution >= 4 is 28.5 Å². The van der Waals surface area contributed by atoms with Gasteiger partial charge >= 0.3 is 6.09 Å². The third-order valence-corrected chi connectivity index (χ3v) is 4.53. The highest BCUT2D eigenvalue weighted by atomic mass is 16.6. The first kappa shape index (κ1) is 18.2. The van der Waals surface area contributed by atoms with Crippen molar-refractivity contribution in [3.63, 3.8) is 0 Å². The summed E-state index contributed by atoms with van der Waals surface area (Å²) >= 11 is 0. The van der Waals surface area contributed by atoms with Gasteiger partial charge in [0.2, 0.25) is 5.91 Å². The van der Waals surface area contributed by atoms with Gasteiger partial charge in [0.15, 0.2) is 0 Å². The van der Waals surface area contributed by atoms with Crippen molar-refractivity contribution in [3.05, 3.63) is 42.5 Å². The number of likely N-dealkylation sites (tertiary alicyclic amines) is 1. The predicted octanol–water partition coefficient (Wildman–Crippen LogP) is 4.43. The van der Waals surface area contributed by atoms with Gasteiger partial charge in [-0.15, -0.1) is 0 Å². The van der Waals surface area contributed by atoms with Crippen LogP contribution < -0.4 is 5.32 Å². The lowest BCUT2D eigenvalue weighted by molar-refractivity contribution is -0.121. The number of nitrogens with zero attached hydrogens (tertiary/aromatic N) is 1. The van der Waals surface area contributed by atoms with Crippen LogP contribution in [0.15, 0.2) is 42.5 Å². The number of carbonyl (C=O) groups excluding carboxylic acids is 2. The van der Waals surface area contributed by atoms with E-state index >= 15 is 0 Å². The van der Waals surface area contributed by atoms with Gasteiger partial charge in [0.1, 0.15) is 5.60 Å². The number of piperidine rings is 1. The summed E-state index contributed by atoms with van der Waals surface area (Å²) in [6, 6.07) is 14.0. The molecule has 0 atom stereocenters. The van der Waals surface area contributed by atoms with Crippen LogP contribution in [0, 0.1) is 5.92 Å². The lowest BCUT2D eigenvalue weighted by atomic mass is 9.96. The van der Waals surface area contributed by atoms with Gasteiger partial charge in [-0.2, -0.15) is 0 Å². The minimum Gasteiger partial charge on any atom is -0.444 e. The van der Waals surface area contributed by atoms with Crippen molar-refractivity contribution in [2.45, 2.75) is 39.2 Å². The van der Waals surface area contributed by atoms with E-state index in [2.05, 4.69) is 5.32 Å². The van der Waals surface area contributed by atoms with Crippen molar-refractivity contribution in [1.29, 1.82) is 0 Å². The van der Waals surface area contributed by atoms with Crippen LogP contribution in [0.25, 0.3) is 10.8 Å². The van der Waals surface area contributed by atoms with E-state index in [9.17, 15) is 9.59 Å². The normalized spacial score (nSPS) is 15.7. The van der Waals surface area contributed by atoms with Crippen LogP contribution in [0.1, 0.15) is 33.6 Å². The first-order chi connectivity index (χ1) is 12.3. The van der Waals surface area contributed by atoms with Crippen LogP contribution >= 0.6 is 0 Å². The van der Waals surface area contributed by atoms with Crippen LogP contribution in [0.2, 0.25) is 0 Å². The maximum Gasteiger partial charge on any atom is 0.410 e. The standard InChI is InChI=1S/C21H26N2O3/c1-21(2,3)26-20(25)23-12-10-16(11-13-23)19(24)22-18-9-8-15-6-4-5-7-17(15)14-18/h4-9,14,16H,10-13H2,1-3H3,(H,22,24). The Morgan fingerprint density at radius 3 is 2.35 bits per heavy atom. The number of rotatable bonds is 2. The molecule has 1 N–H and O–H groups in total. The maximum absolute atomic E-state index is 12.6. The summed E-state index contributed by atoms with van der Waals surface area (Å²) in [7, 11) is 0. The number of anilines is 1. The molecular weight excluding hydrogens is 328 g/mol. The molecule has 1 fully saturated rings. The smallest absolute Gasteiger partial charge is 0.410 e. The van der Waals surface area contributed by atoms with Crippen LogP contribution in [0.3, 0.4) is 0 Å². The van der Waals surface area contributed by atoms with E-state index in [-0.39, 0.29) is 17.9 Å². The van der Waals surface area contributed by atoms with Crippen LogP contribution in [0.5, 0.6) is 0 Å². The molecule has 2 amide bonds. The molecule has 0 bridgehead atoms. The highest BCUT2D eigenvalue weighted by Crippen LogP contribution is 2.23. The molecule has 1 aliphatic rings. The number of ether oxygens (including phenoxy) is 1. The van der Waals surface area contributed by atoms with E-state index in [1.165, 1.54) is 0 Å². The molecular formula is C21H26N2O3. The Morgan fingerprint density at radius 1 is 1.04 bits per heavy atom. The molecule has 0 spiro atoms. The predicted molar refractivity (Wildman–Crippen MR) is 103 cm³/mol. The van der Waals surface area contributed by atoms with Crippen molar-refractivity contribution < 1.29 is 14.3 Å². The van der Waals surface area contributed by atoms with Gasteiger partial charge in [-0.3, -0.25) is 4.79 Å². The van der Waals surface area contributed by atoms with Crippen molar-refractivity contribution in [2.75, 3.05) is 18.4 Å². The highest BCUT2D eigenvalue weighted by molar-refractivity contribution is 5.95.